The minimum Gasteiger partial charge on any atom is -0.326 e. The smallest absolute Gasteiger partial charge is 0.255 e. The van der Waals surface area contributed by atoms with E-state index in [0.717, 1.165) is 11.3 Å². The predicted molar refractivity (Wildman–Crippen MR) is 82.8 cm³/mol. The molecule has 2 aromatic rings. The third kappa shape index (κ3) is 3.25. The van der Waals surface area contributed by atoms with Crippen molar-refractivity contribution >= 4 is 11.6 Å². The zero-order valence-electron chi connectivity index (χ0n) is 11.9. The van der Waals surface area contributed by atoms with E-state index in [9.17, 15) is 4.79 Å². The molecule has 0 unspecified atom stereocenters. The summed E-state index contributed by atoms with van der Waals surface area (Å²) in [4.78, 5) is 12.2. The first kappa shape index (κ1) is 14.3. The van der Waals surface area contributed by atoms with E-state index >= 15 is 0 Å². The van der Waals surface area contributed by atoms with Crippen LogP contribution in [0.2, 0.25) is 0 Å². The highest BCUT2D eigenvalue weighted by Gasteiger charge is 2.10. The molecule has 0 aliphatic carbocycles. The minimum atomic E-state index is -0.122. The van der Waals surface area contributed by atoms with E-state index in [1.165, 1.54) is 5.56 Å². The molecule has 0 aliphatic rings. The first-order valence-electron chi connectivity index (χ1n) is 6.81. The number of hydrogen-bond acceptors (Lipinski definition) is 2. The van der Waals surface area contributed by atoms with Crippen LogP contribution in [-0.4, -0.2) is 5.91 Å². The van der Waals surface area contributed by atoms with Crippen LogP contribution in [0.3, 0.4) is 0 Å². The summed E-state index contributed by atoms with van der Waals surface area (Å²) in [5.74, 6) is 0.362. The summed E-state index contributed by atoms with van der Waals surface area (Å²) in [5.41, 5.74) is 9.19. The lowest BCUT2D eigenvalue weighted by Crippen LogP contribution is -2.15. The monoisotopic (exact) mass is 268 g/mol. The van der Waals surface area contributed by atoms with Crippen molar-refractivity contribution in [1.29, 1.82) is 0 Å². The Morgan fingerprint density at radius 1 is 1.10 bits per heavy atom. The molecule has 0 fully saturated rings. The Morgan fingerprint density at radius 2 is 1.75 bits per heavy atom. The molecular formula is C17H20N2O. The molecule has 20 heavy (non-hydrogen) atoms. The number of benzene rings is 2. The molecule has 0 spiro atoms. The van der Waals surface area contributed by atoms with Gasteiger partial charge >= 0.3 is 0 Å². The Kier molecular flexibility index (Phi) is 4.53. The van der Waals surface area contributed by atoms with Gasteiger partial charge in [-0.15, -0.1) is 0 Å². The number of carbonyl (C=O) groups excluding carboxylic acids is 1. The molecule has 104 valence electrons. The van der Waals surface area contributed by atoms with Gasteiger partial charge in [-0.2, -0.15) is 0 Å². The third-order valence-corrected chi connectivity index (χ3v) is 3.32. The van der Waals surface area contributed by atoms with Gasteiger partial charge in [0, 0.05) is 17.8 Å². The quantitative estimate of drug-likeness (QED) is 0.891. The highest BCUT2D eigenvalue weighted by molar-refractivity contribution is 6.05. The van der Waals surface area contributed by atoms with Gasteiger partial charge < -0.3 is 11.1 Å². The molecule has 0 bridgehead atoms. The van der Waals surface area contributed by atoms with Crippen molar-refractivity contribution in [2.75, 3.05) is 5.32 Å². The second-order valence-electron chi connectivity index (χ2n) is 5.09. The van der Waals surface area contributed by atoms with Crippen LogP contribution in [-0.2, 0) is 6.54 Å². The number of nitrogens with two attached hydrogens (primary N) is 1. The summed E-state index contributed by atoms with van der Waals surface area (Å²) in [6.45, 7) is 4.64. The average molecular weight is 268 g/mol. The van der Waals surface area contributed by atoms with Crippen molar-refractivity contribution in [3.05, 3.63) is 65.2 Å². The van der Waals surface area contributed by atoms with Crippen LogP contribution in [0.4, 0.5) is 5.69 Å². The van der Waals surface area contributed by atoms with E-state index in [1.54, 1.807) is 6.07 Å². The lowest BCUT2D eigenvalue weighted by Gasteiger charge is -2.10. The molecule has 1 amide bonds. The summed E-state index contributed by atoms with van der Waals surface area (Å²) in [7, 11) is 0. The molecule has 0 aliphatic heterocycles. The fraction of sp³-hybridized carbons (Fsp3) is 0.235. The van der Waals surface area contributed by atoms with Gasteiger partial charge in [0.1, 0.15) is 0 Å². The van der Waals surface area contributed by atoms with Crippen LogP contribution in [0.25, 0.3) is 0 Å². The summed E-state index contributed by atoms with van der Waals surface area (Å²) in [6.07, 6.45) is 0. The van der Waals surface area contributed by atoms with Gasteiger partial charge in [-0.05, 0) is 35.2 Å². The van der Waals surface area contributed by atoms with Crippen molar-refractivity contribution < 1.29 is 4.79 Å². The van der Waals surface area contributed by atoms with E-state index in [0.29, 0.717) is 18.0 Å². The molecule has 0 radical (unpaired) electrons. The van der Waals surface area contributed by atoms with Crippen LogP contribution in [0, 0.1) is 0 Å². The highest BCUT2D eigenvalue weighted by Crippen LogP contribution is 2.18. The normalized spacial score (nSPS) is 10.6. The highest BCUT2D eigenvalue weighted by atomic mass is 16.1. The largest absolute Gasteiger partial charge is 0.326 e. The Bertz CT molecular complexity index is 588. The molecule has 3 nitrogen and oxygen atoms in total. The van der Waals surface area contributed by atoms with E-state index in [-0.39, 0.29) is 5.91 Å². The Labute approximate surface area is 119 Å². The molecular weight excluding hydrogens is 248 g/mol. The van der Waals surface area contributed by atoms with Crippen molar-refractivity contribution in [3.8, 4) is 0 Å². The van der Waals surface area contributed by atoms with Gasteiger partial charge in [0.05, 0.1) is 0 Å². The molecule has 0 heterocycles. The number of hydrogen-bond donors (Lipinski definition) is 2. The number of anilines is 1. The van der Waals surface area contributed by atoms with Crippen LogP contribution >= 0.6 is 0 Å². The maximum atomic E-state index is 12.2. The molecule has 0 saturated heterocycles. The van der Waals surface area contributed by atoms with Gasteiger partial charge in [-0.3, -0.25) is 4.79 Å². The first-order valence-corrected chi connectivity index (χ1v) is 6.81. The van der Waals surface area contributed by atoms with Crippen molar-refractivity contribution in [1.82, 2.24) is 0 Å². The molecule has 2 rings (SSSR count). The van der Waals surface area contributed by atoms with Gasteiger partial charge in [-0.1, -0.05) is 44.2 Å². The zero-order valence-corrected chi connectivity index (χ0v) is 11.9. The number of amides is 1. The van der Waals surface area contributed by atoms with Gasteiger partial charge in [-0.25, -0.2) is 0 Å². The molecule has 0 saturated carbocycles. The minimum absolute atomic E-state index is 0.122. The Balaban J connectivity index is 2.15. The lowest BCUT2D eigenvalue weighted by molar-refractivity contribution is 0.102. The first-order chi connectivity index (χ1) is 9.61. The summed E-state index contributed by atoms with van der Waals surface area (Å²) < 4.78 is 0. The second kappa shape index (κ2) is 6.35. The summed E-state index contributed by atoms with van der Waals surface area (Å²) >= 11 is 0. The topological polar surface area (TPSA) is 55.1 Å². The van der Waals surface area contributed by atoms with Crippen LogP contribution in [0.5, 0.6) is 0 Å². The number of carbonyl (C=O) groups is 1. The fourth-order valence-corrected chi connectivity index (χ4v) is 2.07. The second-order valence-corrected chi connectivity index (χ2v) is 5.09. The SMILES string of the molecule is CC(C)c1ccc(NC(=O)c2ccccc2CN)cc1. The number of rotatable bonds is 4. The third-order valence-electron chi connectivity index (χ3n) is 3.32. The van der Waals surface area contributed by atoms with Crippen LogP contribution in [0.15, 0.2) is 48.5 Å². The maximum Gasteiger partial charge on any atom is 0.255 e. The molecule has 3 N–H and O–H groups in total. The Hall–Kier alpha value is -2.13. The zero-order chi connectivity index (χ0) is 14.5. The Morgan fingerprint density at radius 3 is 2.35 bits per heavy atom. The predicted octanol–water partition coefficient (Wildman–Crippen LogP) is 3.52. The lowest BCUT2D eigenvalue weighted by atomic mass is 10.0. The van der Waals surface area contributed by atoms with Crippen molar-refractivity contribution in [3.63, 3.8) is 0 Å². The van der Waals surface area contributed by atoms with Gasteiger partial charge in [0.15, 0.2) is 0 Å². The van der Waals surface area contributed by atoms with E-state index < -0.39 is 0 Å². The fourth-order valence-electron chi connectivity index (χ4n) is 2.07. The van der Waals surface area contributed by atoms with Gasteiger partial charge in [0.2, 0.25) is 0 Å². The van der Waals surface area contributed by atoms with E-state index in [4.69, 9.17) is 5.73 Å². The van der Waals surface area contributed by atoms with Crippen LogP contribution in [0.1, 0.15) is 41.3 Å². The molecule has 0 atom stereocenters. The molecule has 2 aromatic carbocycles. The summed E-state index contributed by atoms with van der Waals surface area (Å²) in [6, 6.07) is 15.3. The molecule has 3 heteroatoms. The van der Waals surface area contributed by atoms with Crippen LogP contribution < -0.4 is 11.1 Å². The van der Waals surface area contributed by atoms with Crippen molar-refractivity contribution in [2.45, 2.75) is 26.3 Å². The van der Waals surface area contributed by atoms with Crippen molar-refractivity contribution in [2.24, 2.45) is 5.73 Å². The van der Waals surface area contributed by atoms with E-state index in [1.807, 2.05) is 42.5 Å². The molecule has 0 aromatic heterocycles. The average Bonchev–Trinajstić information content (AvgIpc) is 2.47. The summed E-state index contributed by atoms with van der Waals surface area (Å²) in [5, 5.41) is 2.90. The van der Waals surface area contributed by atoms with E-state index in [2.05, 4.69) is 19.2 Å². The number of nitrogens with one attached hydrogen (secondary N) is 1. The van der Waals surface area contributed by atoms with Gasteiger partial charge in [0.25, 0.3) is 5.91 Å². The maximum absolute atomic E-state index is 12.2. The standard InChI is InChI=1S/C17H20N2O/c1-12(2)13-7-9-15(10-8-13)19-17(20)16-6-4-3-5-14(16)11-18/h3-10,12H,11,18H2,1-2H3,(H,19,20).